The maximum atomic E-state index is 11.9. The van der Waals surface area contributed by atoms with Crippen LogP contribution in [0.4, 0.5) is 13.2 Å². The van der Waals surface area contributed by atoms with Crippen molar-refractivity contribution in [3.63, 3.8) is 0 Å². The summed E-state index contributed by atoms with van der Waals surface area (Å²) in [5, 5.41) is 3.10. The molecule has 1 aliphatic heterocycles. The molecular formula is C10H19F3N2O. The van der Waals surface area contributed by atoms with E-state index in [4.69, 9.17) is 4.74 Å². The van der Waals surface area contributed by atoms with Crippen LogP contribution in [0.25, 0.3) is 0 Å². The Morgan fingerprint density at radius 1 is 1.31 bits per heavy atom. The lowest BCUT2D eigenvalue weighted by molar-refractivity contribution is -0.138. The quantitative estimate of drug-likeness (QED) is 0.756. The summed E-state index contributed by atoms with van der Waals surface area (Å²) in [6.07, 6.45) is -4.83. The van der Waals surface area contributed by atoms with E-state index in [9.17, 15) is 13.2 Å². The zero-order chi connectivity index (χ0) is 12.2. The molecule has 96 valence electrons. The largest absolute Gasteiger partial charge is 0.390 e. The maximum absolute atomic E-state index is 11.9. The average Bonchev–Trinajstić information content (AvgIpc) is 2.11. The summed E-state index contributed by atoms with van der Waals surface area (Å²) in [7, 11) is 1.68. The van der Waals surface area contributed by atoms with Crippen LogP contribution < -0.4 is 5.32 Å². The molecule has 6 heteroatoms. The van der Waals surface area contributed by atoms with Crippen molar-refractivity contribution in [1.29, 1.82) is 0 Å². The lowest BCUT2D eigenvalue weighted by Crippen LogP contribution is -2.59. The van der Waals surface area contributed by atoms with Crippen molar-refractivity contribution in [3.8, 4) is 0 Å². The van der Waals surface area contributed by atoms with Crippen molar-refractivity contribution in [2.45, 2.75) is 25.1 Å². The van der Waals surface area contributed by atoms with Gasteiger partial charge >= 0.3 is 6.18 Å². The third-order valence-corrected chi connectivity index (χ3v) is 2.70. The molecule has 1 fully saturated rings. The van der Waals surface area contributed by atoms with E-state index in [2.05, 4.69) is 5.32 Å². The van der Waals surface area contributed by atoms with Gasteiger partial charge in [0.1, 0.15) is 0 Å². The van der Waals surface area contributed by atoms with Crippen molar-refractivity contribution >= 4 is 0 Å². The zero-order valence-corrected chi connectivity index (χ0v) is 9.73. The van der Waals surface area contributed by atoms with Gasteiger partial charge in [0, 0.05) is 26.2 Å². The monoisotopic (exact) mass is 240 g/mol. The third kappa shape index (κ3) is 5.14. The van der Waals surface area contributed by atoms with Crippen molar-refractivity contribution in [3.05, 3.63) is 0 Å². The summed E-state index contributed by atoms with van der Waals surface area (Å²) >= 11 is 0. The molecule has 1 heterocycles. The molecular weight excluding hydrogens is 221 g/mol. The molecule has 0 bridgehead atoms. The first-order valence-electron chi connectivity index (χ1n) is 5.41. The van der Waals surface area contributed by atoms with Crippen LogP contribution >= 0.6 is 0 Å². The fraction of sp³-hybridized carbons (Fsp3) is 1.00. The Balaban J connectivity index is 2.04. The van der Waals surface area contributed by atoms with Crippen LogP contribution in [-0.4, -0.2) is 56.5 Å². The highest BCUT2D eigenvalue weighted by molar-refractivity contribution is 4.90. The Morgan fingerprint density at radius 3 is 2.38 bits per heavy atom. The van der Waals surface area contributed by atoms with E-state index in [1.807, 2.05) is 6.92 Å². The Hall–Kier alpha value is -0.330. The number of likely N-dealkylation sites (N-methyl/N-ethyl adjacent to an activating group) is 1. The zero-order valence-electron chi connectivity index (χ0n) is 9.73. The lowest BCUT2D eigenvalue weighted by Gasteiger charge is -2.39. The van der Waals surface area contributed by atoms with Crippen LogP contribution in [0, 0.1) is 0 Å². The molecule has 0 amide bonds. The highest BCUT2D eigenvalue weighted by Crippen LogP contribution is 2.19. The second-order valence-corrected chi connectivity index (χ2v) is 4.57. The molecule has 0 aromatic carbocycles. The van der Waals surface area contributed by atoms with Crippen LogP contribution in [0.5, 0.6) is 0 Å². The minimum atomic E-state index is -4.07. The average molecular weight is 240 g/mol. The molecule has 0 aliphatic carbocycles. The van der Waals surface area contributed by atoms with Gasteiger partial charge in [-0.15, -0.1) is 0 Å². The van der Waals surface area contributed by atoms with Gasteiger partial charge in [-0.2, -0.15) is 13.2 Å². The van der Waals surface area contributed by atoms with Gasteiger partial charge in [0.2, 0.25) is 0 Å². The first kappa shape index (κ1) is 13.7. The highest BCUT2D eigenvalue weighted by Gasteiger charge is 2.32. The van der Waals surface area contributed by atoms with Gasteiger partial charge in [0.05, 0.1) is 18.6 Å². The number of nitrogens with zero attached hydrogens (tertiary/aromatic N) is 1. The smallest absolute Gasteiger partial charge is 0.371 e. The molecule has 0 aromatic heterocycles. The first-order chi connectivity index (χ1) is 7.31. The molecule has 0 aromatic rings. The van der Waals surface area contributed by atoms with E-state index >= 15 is 0 Å². The van der Waals surface area contributed by atoms with Gasteiger partial charge in [-0.1, -0.05) is 0 Å². The number of hydrogen-bond donors (Lipinski definition) is 1. The van der Waals surface area contributed by atoms with Crippen LogP contribution in [0.15, 0.2) is 0 Å². The normalized spacial score (nSPS) is 19.9. The maximum Gasteiger partial charge on any atom is 0.390 e. The number of rotatable bonds is 6. The summed E-state index contributed by atoms with van der Waals surface area (Å²) in [6, 6.07) is 0. The van der Waals surface area contributed by atoms with Crippen molar-refractivity contribution in [2.24, 2.45) is 0 Å². The van der Waals surface area contributed by atoms with E-state index in [0.717, 1.165) is 13.1 Å². The molecule has 0 unspecified atom stereocenters. The highest BCUT2D eigenvalue weighted by atomic mass is 19.4. The summed E-state index contributed by atoms with van der Waals surface area (Å²) in [4.78, 5) is 1.64. The standard InChI is InChI=1S/C10H19F3N2O/c1-9(7-14-8-9)16-6-5-15(2)4-3-10(11,12)13/h14H,3-8H2,1-2H3. The molecule has 16 heavy (non-hydrogen) atoms. The number of halogens is 3. The fourth-order valence-corrected chi connectivity index (χ4v) is 1.46. The Kier molecular flexibility index (Phi) is 4.58. The summed E-state index contributed by atoms with van der Waals surface area (Å²) < 4.78 is 41.4. The minimum absolute atomic E-state index is 0.0296. The van der Waals surface area contributed by atoms with Crippen molar-refractivity contribution in [1.82, 2.24) is 10.2 Å². The molecule has 1 saturated heterocycles. The van der Waals surface area contributed by atoms with Crippen molar-refractivity contribution in [2.75, 3.05) is 39.8 Å². The van der Waals surface area contributed by atoms with Crippen molar-refractivity contribution < 1.29 is 17.9 Å². The van der Waals surface area contributed by atoms with Gasteiger partial charge in [0.15, 0.2) is 0 Å². The number of ether oxygens (including phenoxy) is 1. The van der Waals surface area contributed by atoms with Crippen LogP contribution in [0.1, 0.15) is 13.3 Å². The summed E-state index contributed by atoms with van der Waals surface area (Å²) in [6.45, 7) is 4.68. The Morgan fingerprint density at radius 2 is 1.94 bits per heavy atom. The Bertz CT molecular complexity index is 217. The topological polar surface area (TPSA) is 24.5 Å². The van der Waals surface area contributed by atoms with Gasteiger partial charge in [-0.05, 0) is 14.0 Å². The van der Waals surface area contributed by atoms with E-state index in [-0.39, 0.29) is 12.1 Å². The molecule has 1 rings (SSSR count). The molecule has 3 nitrogen and oxygen atoms in total. The number of nitrogens with one attached hydrogen (secondary N) is 1. The molecule has 0 radical (unpaired) electrons. The molecule has 1 aliphatic rings. The SMILES string of the molecule is CN(CCOC1(C)CNC1)CCC(F)(F)F. The van der Waals surface area contributed by atoms with E-state index in [1.54, 1.807) is 11.9 Å². The number of alkyl halides is 3. The summed E-state index contributed by atoms with van der Waals surface area (Å²) in [5.74, 6) is 0. The van der Waals surface area contributed by atoms with Crippen LogP contribution in [0.2, 0.25) is 0 Å². The molecule has 0 saturated carbocycles. The van der Waals surface area contributed by atoms with E-state index in [0.29, 0.717) is 13.2 Å². The second kappa shape index (κ2) is 5.33. The van der Waals surface area contributed by atoms with Gasteiger partial charge in [-0.3, -0.25) is 0 Å². The lowest BCUT2D eigenvalue weighted by atomic mass is 10.0. The van der Waals surface area contributed by atoms with E-state index < -0.39 is 12.6 Å². The van der Waals surface area contributed by atoms with Crippen LogP contribution in [-0.2, 0) is 4.74 Å². The molecule has 1 N–H and O–H groups in total. The predicted octanol–water partition coefficient (Wildman–Crippen LogP) is 1.25. The molecule has 0 atom stereocenters. The fourth-order valence-electron chi connectivity index (χ4n) is 1.46. The summed E-state index contributed by atoms with van der Waals surface area (Å²) in [5.41, 5.74) is -0.120. The Labute approximate surface area is 93.9 Å². The second-order valence-electron chi connectivity index (χ2n) is 4.57. The molecule has 0 spiro atoms. The van der Waals surface area contributed by atoms with Gasteiger partial charge in [-0.25, -0.2) is 0 Å². The minimum Gasteiger partial charge on any atom is -0.371 e. The van der Waals surface area contributed by atoms with E-state index in [1.165, 1.54) is 0 Å². The third-order valence-electron chi connectivity index (χ3n) is 2.70. The number of hydrogen-bond acceptors (Lipinski definition) is 3. The predicted molar refractivity (Wildman–Crippen MR) is 55.4 cm³/mol. The van der Waals surface area contributed by atoms with Gasteiger partial charge in [0.25, 0.3) is 0 Å². The first-order valence-corrected chi connectivity index (χ1v) is 5.41. The van der Waals surface area contributed by atoms with Gasteiger partial charge < -0.3 is 15.0 Å². The van der Waals surface area contributed by atoms with Crippen LogP contribution in [0.3, 0.4) is 0 Å².